The minimum absolute atomic E-state index is 0.182. The summed E-state index contributed by atoms with van der Waals surface area (Å²) in [6, 6.07) is 7.38. The molecule has 0 aliphatic carbocycles. The van der Waals surface area contributed by atoms with Gasteiger partial charge in [-0.2, -0.15) is 0 Å². The van der Waals surface area contributed by atoms with E-state index in [4.69, 9.17) is 9.47 Å². The standard InChI is InChI=1S/C13H16O3/c1-13(2,14)9-8-11-6-4-5-7-12(11)16-10-15-3/h4-7,14H,10H2,1-3H3. The van der Waals surface area contributed by atoms with Crippen molar-refractivity contribution in [2.45, 2.75) is 19.4 Å². The summed E-state index contributed by atoms with van der Waals surface area (Å²) in [5.41, 5.74) is -0.268. The Morgan fingerprint density at radius 3 is 2.62 bits per heavy atom. The second-order valence-electron chi connectivity index (χ2n) is 3.86. The third-order valence-electron chi connectivity index (χ3n) is 1.72. The Morgan fingerprint density at radius 1 is 1.31 bits per heavy atom. The van der Waals surface area contributed by atoms with Crippen LogP contribution < -0.4 is 4.74 Å². The molecule has 0 fully saturated rings. The van der Waals surface area contributed by atoms with Gasteiger partial charge in [-0.3, -0.25) is 0 Å². The fourth-order valence-corrected chi connectivity index (χ4v) is 1.04. The monoisotopic (exact) mass is 220 g/mol. The summed E-state index contributed by atoms with van der Waals surface area (Å²) in [5.74, 6) is 6.28. The number of methoxy groups -OCH3 is 1. The lowest BCUT2D eigenvalue weighted by Crippen LogP contribution is -2.14. The van der Waals surface area contributed by atoms with Crippen LogP contribution in [0.5, 0.6) is 5.75 Å². The summed E-state index contributed by atoms with van der Waals surface area (Å²) < 4.78 is 10.2. The van der Waals surface area contributed by atoms with Crippen LogP contribution in [0.25, 0.3) is 0 Å². The van der Waals surface area contributed by atoms with Gasteiger partial charge in [0, 0.05) is 7.11 Å². The van der Waals surface area contributed by atoms with Crippen LogP contribution in [-0.4, -0.2) is 24.6 Å². The predicted molar refractivity (Wildman–Crippen MR) is 62.1 cm³/mol. The summed E-state index contributed by atoms with van der Waals surface area (Å²) >= 11 is 0. The van der Waals surface area contributed by atoms with Gasteiger partial charge in [0.25, 0.3) is 0 Å². The molecule has 0 aromatic heterocycles. The van der Waals surface area contributed by atoms with E-state index in [9.17, 15) is 5.11 Å². The van der Waals surface area contributed by atoms with Crippen molar-refractivity contribution in [3.63, 3.8) is 0 Å². The zero-order chi connectivity index (χ0) is 12.0. The fourth-order valence-electron chi connectivity index (χ4n) is 1.04. The summed E-state index contributed by atoms with van der Waals surface area (Å²) in [7, 11) is 1.56. The maximum atomic E-state index is 9.51. The third kappa shape index (κ3) is 4.35. The zero-order valence-electron chi connectivity index (χ0n) is 9.78. The Labute approximate surface area is 96.0 Å². The fraction of sp³-hybridized carbons (Fsp3) is 0.385. The van der Waals surface area contributed by atoms with Gasteiger partial charge in [-0.1, -0.05) is 24.0 Å². The second-order valence-corrected chi connectivity index (χ2v) is 3.86. The number of aliphatic hydroxyl groups is 1. The Hall–Kier alpha value is -1.50. The van der Waals surface area contributed by atoms with Gasteiger partial charge in [-0.15, -0.1) is 0 Å². The molecular formula is C13H16O3. The van der Waals surface area contributed by atoms with Crippen LogP contribution in [0, 0.1) is 11.8 Å². The van der Waals surface area contributed by atoms with Crippen LogP contribution in [-0.2, 0) is 4.74 Å². The lowest BCUT2D eigenvalue weighted by atomic mass is 10.1. The SMILES string of the molecule is COCOc1ccccc1C#CC(C)(C)O. The second kappa shape index (κ2) is 5.55. The van der Waals surface area contributed by atoms with Gasteiger partial charge in [0.15, 0.2) is 6.79 Å². The van der Waals surface area contributed by atoms with Crippen molar-refractivity contribution in [2.24, 2.45) is 0 Å². The van der Waals surface area contributed by atoms with E-state index >= 15 is 0 Å². The molecule has 0 unspecified atom stereocenters. The molecule has 0 aliphatic rings. The first kappa shape index (κ1) is 12.6. The number of benzene rings is 1. The molecule has 1 N–H and O–H groups in total. The summed E-state index contributed by atoms with van der Waals surface area (Å²) in [4.78, 5) is 0. The Balaban J connectivity index is 2.89. The lowest BCUT2D eigenvalue weighted by molar-refractivity contribution is 0.0509. The molecule has 0 bridgehead atoms. The van der Waals surface area contributed by atoms with Gasteiger partial charge in [0.2, 0.25) is 0 Å². The van der Waals surface area contributed by atoms with Gasteiger partial charge in [-0.05, 0) is 26.0 Å². The average molecular weight is 220 g/mol. The molecule has 0 heterocycles. The first-order valence-corrected chi connectivity index (χ1v) is 4.99. The van der Waals surface area contributed by atoms with Crippen LogP contribution >= 0.6 is 0 Å². The van der Waals surface area contributed by atoms with E-state index < -0.39 is 5.60 Å². The minimum atomic E-state index is -1.01. The Morgan fingerprint density at radius 2 is 2.00 bits per heavy atom. The molecule has 16 heavy (non-hydrogen) atoms. The molecular weight excluding hydrogens is 204 g/mol. The molecule has 1 aromatic rings. The molecule has 3 nitrogen and oxygen atoms in total. The van der Waals surface area contributed by atoms with Crippen LogP contribution in [0.3, 0.4) is 0 Å². The smallest absolute Gasteiger partial charge is 0.188 e. The van der Waals surface area contributed by atoms with E-state index in [2.05, 4.69) is 11.8 Å². The molecule has 3 heteroatoms. The van der Waals surface area contributed by atoms with Crippen molar-refractivity contribution < 1.29 is 14.6 Å². The molecule has 1 rings (SSSR count). The highest BCUT2D eigenvalue weighted by molar-refractivity contribution is 5.46. The van der Waals surface area contributed by atoms with Gasteiger partial charge in [0.05, 0.1) is 5.56 Å². The normalized spacial score (nSPS) is 10.5. The van der Waals surface area contributed by atoms with Crippen molar-refractivity contribution in [1.82, 2.24) is 0 Å². The van der Waals surface area contributed by atoms with Crippen LogP contribution in [0.2, 0.25) is 0 Å². The lowest BCUT2D eigenvalue weighted by Gasteiger charge is -2.08. The Kier molecular flexibility index (Phi) is 4.36. The van der Waals surface area contributed by atoms with E-state index in [0.29, 0.717) is 5.75 Å². The van der Waals surface area contributed by atoms with Crippen LogP contribution in [0.1, 0.15) is 19.4 Å². The van der Waals surface area contributed by atoms with Gasteiger partial charge in [0.1, 0.15) is 11.4 Å². The summed E-state index contributed by atoms with van der Waals surface area (Å²) in [6.07, 6.45) is 0. The quantitative estimate of drug-likeness (QED) is 0.623. The molecule has 0 radical (unpaired) electrons. The third-order valence-corrected chi connectivity index (χ3v) is 1.72. The maximum Gasteiger partial charge on any atom is 0.188 e. The largest absolute Gasteiger partial charge is 0.466 e. The van der Waals surface area contributed by atoms with Crippen molar-refractivity contribution in [1.29, 1.82) is 0 Å². The van der Waals surface area contributed by atoms with E-state index in [1.165, 1.54) is 0 Å². The molecule has 0 atom stereocenters. The molecule has 0 saturated carbocycles. The highest BCUT2D eigenvalue weighted by atomic mass is 16.7. The molecule has 0 saturated heterocycles. The number of para-hydroxylation sites is 1. The van der Waals surface area contributed by atoms with E-state index in [1.807, 2.05) is 24.3 Å². The van der Waals surface area contributed by atoms with Crippen molar-refractivity contribution in [3.05, 3.63) is 29.8 Å². The van der Waals surface area contributed by atoms with E-state index in [0.717, 1.165) is 5.56 Å². The summed E-state index contributed by atoms with van der Waals surface area (Å²) in [5, 5.41) is 9.51. The zero-order valence-corrected chi connectivity index (χ0v) is 9.78. The number of rotatable bonds is 3. The van der Waals surface area contributed by atoms with Gasteiger partial charge < -0.3 is 14.6 Å². The van der Waals surface area contributed by atoms with Crippen molar-refractivity contribution >= 4 is 0 Å². The topological polar surface area (TPSA) is 38.7 Å². The van der Waals surface area contributed by atoms with Gasteiger partial charge in [-0.25, -0.2) is 0 Å². The van der Waals surface area contributed by atoms with E-state index in [1.54, 1.807) is 21.0 Å². The number of hydrogen-bond donors (Lipinski definition) is 1. The summed E-state index contributed by atoms with van der Waals surface area (Å²) in [6.45, 7) is 3.46. The molecule has 1 aromatic carbocycles. The van der Waals surface area contributed by atoms with Crippen LogP contribution in [0.4, 0.5) is 0 Å². The van der Waals surface area contributed by atoms with E-state index in [-0.39, 0.29) is 6.79 Å². The molecule has 0 amide bonds. The van der Waals surface area contributed by atoms with Crippen molar-refractivity contribution in [2.75, 3.05) is 13.9 Å². The van der Waals surface area contributed by atoms with Crippen LogP contribution in [0.15, 0.2) is 24.3 Å². The number of hydrogen-bond acceptors (Lipinski definition) is 3. The molecule has 86 valence electrons. The van der Waals surface area contributed by atoms with Crippen molar-refractivity contribution in [3.8, 4) is 17.6 Å². The highest BCUT2D eigenvalue weighted by Crippen LogP contribution is 2.16. The van der Waals surface area contributed by atoms with Gasteiger partial charge >= 0.3 is 0 Å². The number of ether oxygens (including phenoxy) is 2. The highest BCUT2D eigenvalue weighted by Gasteiger charge is 2.06. The first-order valence-electron chi connectivity index (χ1n) is 4.99. The first-order chi connectivity index (χ1) is 7.53. The molecule has 0 spiro atoms. The average Bonchev–Trinajstić information content (AvgIpc) is 2.23. The minimum Gasteiger partial charge on any atom is -0.466 e. The maximum absolute atomic E-state index is 9.51. The predicted octanol–water partition coefficient (Wildman–Crippen LogP) is 1.79. The molecule has 0 aliphatic heterocycles. The Bertz CT molecular complexity index is 394.